The fourth-order valence-electron chi connectivity index (χ4n) is 1.59. The fraction of sp³-hybridized carbons (Fsp3) is 0.250. The molecule has 2 rings (SSSR count). The Hall–Kier alpha value is -0.930. The normalized spacial score (nSPS) is 10.7. The van der Waals surface area contributed by atoms with Gasteiger partial charge in [-0.15, -0.1) is 0 Å². The van der Waals surface area contributed by atoms with Gasteiger partial charge in [0.25, 0.3) is 0 Å². The van der Waals surface area contributed by atoms with Crippen LogP contribution in [0.3, 0.4) is 0 Å². The van der Waals surface area contributed by atoms with Gasteiger partial charge in [-0.3, -0.25) is 0 Å². The largest absolute Gasteiger partial charge is 0.337 e. The second-order valence-electron chi connectivity index (χ2n) is 3.67. The average Bonchev–Trinajstić information content (AvgIpc) is 2.70. The number of aromatic amines is 1. The molecule has 4 heteroatoms. The Balaban J connectivity index is 2.20. The Morgan fingerprint density at radius 2 is 2.25 bits per heavy atom. The zero-order valence-electron chi connectivity index (χ0n) is 9.25. The lowest BCUT2D eigenvalue weighted by Gasteiger charge is -2.04. The lowest BCUT2D eigenvalue weighted by Crippen LogP contribution is -1.91. The quantitative estimate of drug-likeness (QED) is 0.845. The molecule has 0 bridgehead atoms. The Morgan fingerprint density at radius 3 is 2.88 bits per heavy atom. The molecule has 1 heterocycles. The summed E-state index contributed by atoms with van der Waals surface area (Å²) in [5.74, 6) is 0. The summed E-state index contributed by atoms with van der Waals surface area (Å²) in [6.45, 7) is 2.08. The maximum absolute atomic E-state index is 5.92. The number of thioether (sulfide) groups is 1. The van der Waals surface area contributed by atoms with E-state index in [2.05, 4.69) is 23.0 Å². The van der Waals surface area contributed by atoms with Gasteiger partial charge in [-0.2, -0.15) is 0 Å². The van der Waals surface area contributed by atoms with Gasteiger partial charge in [0.2, 0.25) is 0 Å². The van der Waals surface area contributed by atoms with Crippen LogP contribution in [0.4, 0.5) is 0 Å². The molecule has 2 nitrogen and oxygen atoms in total. The van der Waals surface area contributed by atoms with Gasteiger partial charge in [-0.05, 0) is 36.4 Å². The minimum absolute atomic E-state index is 0.788. The second kappa shape index (κ2) is 4.93. The van der Waals surface area contributed by atoms with Crippen molar-refractivity contribution in [3.63, 3.8) is 0 Å². The molecule has 1 aromatic heterocycles. The highest BCUT2D eigenvalue weighted by atomic mass is 35.5. The standard InChI is InChI=1S/C12H13ClN2S/c1-8-5-10(13)4-3-9(8)6-11-7-14-12(15-11)16-2/h3-5,7H,6H2,1-2H3,(H,14,15). The molecule has 0 unspecified atom stereocenters. The molecule has 0 aliphatic heterocycles. The van der Waals surface area contributed by atoms with Crippen LogP contribution in [0, 0.1) is 6.92 Å². The molecule has 0 aliphatic carbocycles. The number of aromatic nitrogens is 2. The Labute approximate surface area is 104 Å². The number of benzene rings is 1. The van der Waals surface area contributed by atoms with Crippen LogP contribution in [0.25, 0.3) is 0 Å². The van der Waals surface area contributed by atoms with E-state index in [1.54, 1.807) is 11.8 Å². The van der Waals surface area contributed by atoms with Crippen molar-refractivity contribution in [3.05, 3.63) is 46.2 Å². The van der Waals surface area contributed by atoms with Crippen molar-refractivity contribution >= 4 is 23.4 Å². The van der Waals surface area contributed by atoms with Gasteiger partial charge < -0.3 is 4.98 Å². The van der Waals surface area contributed by atoms with Crippen LogP contribution in [-0.4, -0.2) is 16.2 Å². The second-order valence-corrected chi connectivity index (χ2v) is 4.90. The van der Waals surface area contributed by atoms with Crippen LogP contribution < -0.4 is 0 Å². The van der Waals surface area contributed by atoms with Crippen LogP contribution in [0.15, 0.2) is 29.6 Å². The lowest BCUT2D eigenvalue weighted by atomic mass is 10.0. The number of aryl methyl sites for hydroxylation is 1. The van der Waals surface area contributed by atoms with Crippen LogP contribution >= 0.6 is 23.4 Å². The van der Waals surface area contributed by atoms with E-state index >= 15 is 0 Å². The monoisotopic (exact) mass is 252 g/mol. The van der Waals surface area contributed by atoms with Crippen LogP contribution in [0.2, 0.25) is 5.02 Å². The summed E-state index contributed by atoms with van der Waals surface area (Å²) >= 11 is 7.54. The first-order valence-corrected chi connectivity index (χ1v) is 6.62. The van der Waals surface area contributed by atoms with Crippen molar-refractivity contribution in [3.8, 4) is 0 Å². The highest BCUT2D eigenvalue weighted by Crippen LogP contribution is 2.18. The summed E-state index contributed by atoms with van der Waals surface area (Å²) in [5, 5.41) is 1.75. The van der Waals surface area contributed by atoms with Crippen molar-refractivity contribution in [1.82, 2.24) is 9.97 Å². The molecule has 1 N–H and O–H groups in total. The number of hydrogen-bond donors (Lipinski definition) is 1. The molecule has 84 valence electrons. The molecule has 0 spiro atoms. The lowest BCUT2D eigenvalue weighted by molar-refractivity contribution is 1.01. The smallest absolute Gasteiger partial charge is 0.165 e. The topological polar surface area (TPSA) is 28.7 Å². The van der Waals surface area contributed by atoms with E-state index in [4.69, 9.17) is 11.6 Å². The van der Waals surface area contributed by atoms with E-state index in [-0.39, 0.29) is 0 Å². The third kappa shape index (κ3) is 2.60. The first kappa shape index (κ1) is 11.6. The summed E-state index contributed by atoms with van der Waals surface area (Å²) in [5.41, 5.74) is 3.63. The fourth-order valence-corrected chi connectivity index (χ4v) is 2.21. The van der Waals surface area contributed by atoms with Crippen LogP contribution in [0.1, 0.15) is 16.8 Å². The van der Waals surface area contributed by atoms with Gasteiger partial charge in [0.05, 0.1) is 0 Å². The third-order valence-corrected chi connectivity index (χ3v) is 3.31. The third-order valence-electron chi connectivity index (χ3n) is 2.48. The molecule has 0 atom stereocenters. The molecule has 0 saturated carbocycles. The molecule has 1 aromatic carbocycles. The summed E-state index contributed by atoms with van der Waals surface area (Å²) < 4.78 is 0. The first-order chi connectivity index (χ1) is 7.69. The van der Waals surface area contributed by atoms with Crippen molar-refractivity contribution in [1.29, 1.82) is 0 Å². The summed E-state index contributed by atoms with van der Waals surface area (Å²) in [4.78, 5) is 7.53. The molecule has 0 saturated heterocycles. The number of H-pyrrole nitrogens is 1. The summed E-state index contributed by atoms with van der Waals surface area (Å²) in [6.07, 6.45) is 4.77. The van der Waals surface area contributed by atoms with Gasteiger partial charge in [0.15, 0.2) is 5.16 Å². The minimum Gasteiger partial charge on any atom is -0.337 e. The predicted molar refractivity (Wildman–Crippen MR) is 69.4 cm³/mol. The number of imidazole rings is 1. The average molecular weight is 253 g/mol. The first-order valence-electron chi connectivity index (χ1n) is 5.02. The Bertz CT molecular complexity index is 494. The molecular weight excluding hydrogens is 240 g/mol. The van der Waals surface area contributed by atoms with Crippen molar-refractivity contribution in [2.75, 3.05) is 6.26 Å². The summed E-state index contributed by atoms with van der Waals surface area (Å²) in [6, 6.07) is 5.98. The van der Waals surface area contributed by atoms with Gasteiger partial charge in [-0.1, -0.05) is 29.4 Å². The van der Waals surface area contributed by atoms with Gasteiger partial charge in [0.1, 0.15) is 0 Å². The number of nitrogens with zero attached hydrogens (tertiary/aromatic N) is 1. The Morgan fingerprint density at radius 1 is 1.44 bits per heavy atom. The SMILES string of the molecule is CSc1ncc(Cc2ccc(Cl)cc2C)[nH]1. The van der Waals surface area contributed by atoms with Crippen molar-refractivity contribution in [2.24, 2.45) is 0 Å². The van der Waals surface area contributed by atoms with Crippen molar-refractivity contribution in [2.45, 2.75) is 18.5 Å². The van der Waals surface area contributed by atoms with E-state index in [0.717, 1.165) is 22.3 Å². The van der Waals surface area contributed by atoms with Gasteiger partial charge in [0, 0.05) is 23.3 Å². The maximum atomic E-state index is 5.92. The molecular formula is C12H13ClN2S. The number of nitrogens with one attached hydrogen (secondary N) is 1. The molecule has 0 aliphatic rings. The Kier molecular flexibility index (Phi) is 3.56. The summed E-state index contributed by atoms with van der Waals surface area (Å²) in [7, 11) is 0. The van der Waals surface area contributed by atoms with Crippen LogP contribution in [-0.2, 0) is 6.42 Å². The van der Waals surface area contributed by atoms with E-state index in [1.165, 1.54) is 11.1 Å². The highest BCUT2D eigenvalue weighted by molar-refractivity contribution is 7.98. The van der Waals surface area contributed by atoms with Gasteiger partial charge in [-0.25, -0.2) is 4.98 Å². The number of hydrogen-bond acceptors (Lipinski definition) is 2. The molecule has 16 heavy (non-hydrogen) atoms. The van der Waals surface area contributed by atoms with Crippen molar-refractivity contribution < 1.29 is 0 Å². The van der Waals surface area contributed by atoms with E-state index in [1.807, 2.05) is 24.6 Å². The molecule has 0 fully saturated rings. The maximum Gasteiger partial charge on any atom is 0.165 e. The van der Waals surface area contributed by atoms with E-state index < -0.39 is 0 Å². The van der Waals surface area contributed by atoms with Gasteiger partial charge >= 0.3 is 0 Å². The zero-order chi connectivity index (χ0) is 11.5. The minimum atomic E-state index is 0.788. The predicted octanol–water partition coefficient (Wildman–Crippen LogP) is 3.68. The molecule has 0 radical (unpaired) electrons. The number of rotatable bonds is 3. The zero-order valence-corrected chi connectivity index (χ0v) is 10.8. The number of halogens is 1. The van der Waals surface area contributed by atoms with Crippen LogP contribution in [0.5, 0.6) is 0 Å². The van der Waals surface area contributed by atoms with E-state index in [9.17, 15) is 0 Å². The molecule has 2 aromatic rings. The van der Waals surface area contributed by atoms with E-state index in [0.29, 0.717) is 0 Å². The highest BCUT2D eigenvalue weighted by Gasteiger charge is 2.04. The molecule has 0 amide bonds.